The third-order valence-corrected chi connectivity index (χ3v) is 4.15. The summed E-state index contributed by atoms with van der Waals surface area (Å²) < 4.78 is 2.11. The molecule has 22 heavy (non-hydrogen) atoms. The number of carbonyl (C=O) groups is 1. The second kappa shape index (κ2) is 5.26. The molecule has 1 unspecified atom stereocenters. The third-order valence-electron chi connectivity index (χ3n) is 4.15. The van der Waals surface area contributed by atoms with Crippen molar-refractivity contribution in [2.75, 3.05) is 0 Å². The quantitative estimate of drug-likeness (QED) is 0.787. The molecule has 5 nitrogen and oxygen atoms in total. The molecule has 2 aromatic heterocycles. The Morgan fingerprint density at radius 3 is 3.05 bits per heavy atom. The minimum Gasteiger partial charge on any atom is -0.347 e. The van der Waals surface area contributed by atoms with Crippen molar-refractivity contribution in [1.82, 2.24) is 19.9 Å². The van der Waals surface area contributed by atoms with Gasteiger partial charge < -0.3 is 9.88 Å². The van der Waals surface area contributed by atoms with Crippen LogP contribution in [0, 0.1) is 0 Å². The number of amides is 1. The van der Waals surface area contributed by atoms with Gasteiger partial charge in [0, 0.05) is 43.0 Å². The van der Waals surface area contributed by atoms with Crippen LogP contribution < -0.4 is 5.32 Å². The Morgan fingerprint density at radius 1 is 1.18 bits per heavy atom. The van der Waals surface area contributed by atoms with Crippen LogP contribution in [-0.4, -0.2) is 26.5 Å². The fraction of sp³-hybridized carbons (Fsp3) is 0.235. The Bertz CT molecular complexity index is 834. The van der Waals surface area contributed by atoms with Gasteiger partial charge in [-0.1, -0.05) is 18.2 Å². The summed E-state index contributed by atoms with van der Waals surface area (Å²) in [4.78, 5) is 21.3. The van der Waals surface area contributed by atoms with Gasteiger partial charge in [0.05, 0.1) is 11.1 Å². The van der Waals surface area contributed by atoms with E-state index in [9.17, 15) is 4.79 Å². The van der Waals surface area contributed by atoms with E-state index in [1.54, 1.807) is 6.20 Å². The Kier molecular flexibility index (Phi) is 3.11. The van der Waals surface area contributed by atoms with Crippen LogP contribution in [0.3, 0.4) is 0 Å². The zero-order valence-electron chi connectivity index (χ0n) is 12.1. The normalized spacial score (nSPS) is 17.2. The Labute approximate surface area is 128 Å². The summed E-state index contributed by atoms with van der Waals surface area (Å²) in [5, 5.41) is 4.11. The van der Waals surface area contributed by atoms with Crippen molar-refractivity contribution in [1.29, 1.82) is 0 Å². The van der Waals surface area contributed by atoms with Crippen LogP contribution in [0.2, 0.25) is 0 Å². The summed E-state index contributed by atoms with van der Waals surface area (Å²) in [6.45, 7) is 0.777. The molecule has 1 atom stereocenters. The molecule has 0 aliphatic carbocycles. The highest BCUT2D eigenvalue weighted by atomic mass is 16.1. The van der Waals surface area contributed by atoms with E-state index < -0.39 is 0 Å². The molecule has 5 heteroatoms. The summed E-state index contributed by atoms with van der Waals surface area (Å²) in [5.41, 5.74) is 1.39. The predicted molar refractivity (Wildman–Crippen MR) is 83.5 cm³/mol. The zero-order chi connectivity index (χ0) is 14.9. The maximum absolute atomic E-state index is 12.6. The number of carbonyl (C=O) groups excluding carboxylic acids is 1. The van der Waals surface area contributed by atoms with Gasteiger partial charge in [0.1, 0.15) is 5.82 Å². The molecule has 0 bridgehead atoms. The standard InChI is InChI=1S/C17H16N4O/c22-17(14-5-1-3-12-4-2-8-19-16(12)14)20-13-6-7-15-18-9-10-21(15)11-13/h1-5,8-10,13H,6-7,11H2,(H,20,22). The molecule has 110 valence electrons. The molecule has 1 amide bonds. The molecular formula is C17H16N4O. The highest BCUT2D eigenvalue weighted by Crippen LogP contribution is 2.17. The lowest BCUT2D eigenvalue weighted by Gasteiger charge is -2.24. The van der Waals surface area contributed by atoms with Crippen molar-refractivity contribution in [2.45, 2.75) is 25.4 Å². The average molecular weight is 292 g/mol. The van der Waals surface area contributed by atoms with E-state index in [1.165, 1.54) is 0 Å². The molecule has 0 radical (unpaired) electrons. The van der Waals surface area contributed by atoms with E-state index in [2.05, 4.69) is 19.9 Å². The number of nitrogens with zero attached hydrogens (tertiary/aromatic N) is 3. The number of pyridine rings is 1. The summed E-state index contributed by atoms with van der Waals surface area (Å²) in [7, 11) is 0. The molecule has 1 aliphatic rings. The number of nitrogens with one attached hydrogen (secondary N) is 1. The molecule has 4 rings (SSSR count). The number of aryl methyl sites for hydroxylation is 1. The van der Waals surface area contributed by atoms with Crippen LogP contribution >= 0.6 is 0 Å². The van der Waals surface area contributed by atoms with Gasteiger partial charge in [0.15, 0.2) is 0 Å². The lowest BCUT2D eigenvalue weighted by atomic mass is 10.1. The smallest absolute Gasteiger partial charge is 0.253 e. The van der Waals surface area contributed by atoms with Crippen molar-refractivity contribution < 1.29 is 4.79 Å². The summed E-state index contributed by atoms with van der Waals surface area (Å²) in [6, 6.07) is 9.68. The highest BCUT2D eigenvalue weighted by molar-refractivity contribution is 6.05. The Hall–Kier alpha value is -2.69. The first-order valence-electron chi connectivity index (χ1n) is 7.46. The third kappa shape index (κ3) is 2.24. The topological polar surface area (TPSA) is 59.8 Å². The van der Waals surface area contributed by atoms with Crippen molar-refractivity contribution in [3.8, 4) is 0 Å². The van der Waals surface area contributed by atoms with Gasteiger partial charge >= 0.3 is 0 Å². The lowest BCUT2D eigenvalue weighted by Crippen LogP contribution is -2.41. The first-order valence-corrected chi connectivity index (χ1v) is 7.46. The van der Waals surface area contributed by atoms with E-state index in [0.29, 0.717) is 5.56 Å². The van der Waals surface area contributed by atoms with Gasteiger partial charge in [-0.05, 0) is 18.6 Å². The van der Waals surface area contributed by atoms with Crippen LogP contribution in [0.5, 0.6) is 0 Å². The van der Waals surface area contributed by atoms with Gasteiger partial charge in [0.2, 0.25) is 0 Å². The van der Waals surface area contributed by atoms with Gasteiger partial charge in [-0.3, -0.25) is 9.78 Å². The first kappa shape index (κ1) is 13.0. The van der Waals surface area contributed by atoms with E-state index >= 15 is 0 Å². The molecular weight excluding hydrogens is 276 g/mol. The minimum absolute atomic E-state index is 0.0575. The van der Waals surface area contributed by atoms with Crippen LogP contribution in [0.1, 0.15) is 22.6 Å². The van der Waals surface area contributed by atoms with E-state index in [1.807, 2.05) is 42.7 Å². The fourth-order valence-corrected chi connectivity index (χ4v) is 3.03. The van der Waals surface area contributed by atoms with Crippen LogP contribution in [-0.2, 0) is 13.0 Å². The second-order valence-corrected chi connectivity index (χ2v) is 5.59. The number of rotatable bonds is 2. The number of benzene rings is 1. The van der Waals surface area contributed by atoms with Crippen molar-refractivity contribution in [3.05, 3.63) is 60.3 Å². The summed E-state index contributed by atoms with van der Waals surface area (Å²) >= 11 is 0. The van der Waals surface area contributed by atoms with Crippen molar-refractivity contribution in [3.63, 3.8) is 0 Å². The SMILES string of the molecule is O=C(NC1CCc2nccn2C1)c1cccc2cccnc12. The van der Waals surface area contributed by atoms with E-state index in [0.717, 1.165) is 36.1 Å². The average Bonchev–Trinajstić information content (AvgIpc) is 3.02. The zero-order valence-corrected chi connectivity index (χ0v) is 12.1. The molecule has 0 fully saturated rings. The number of hydrogen-bond donors (Lipinski definition) is 1. The molecule has 0 spiro atoms. The molecule has 0 saturated heterocycles. The van der Waals surface area contributed by atoms with Crippen LogP contribution in [0.25, 0.3) is 10.9 Å². The minimum atomic E-state index is -0.0575. The molecule has 0 saturated carbocycles. The van der Waals surface area contributed by atoms with E-state index in [4.69, 9.17) is 0 Å². The van der Waals surface area contributed by atoms with Crippen LogP contribution in [0.4, 0.5) is 0 Å². The maximum Gasteiger partial charge on any atom is 0.253 e. The van der Waals surface area contributed by atoms with Gasteiger partial charge in [0.25, 0.3) is 5.91 Å². The van der Waals surface area contributed by atoms with Crippen molar-refractivity contribution in [2.24, 2.45) is 0 Å². The van der Waals surface area contributed by atoms with E-state index in [-0.39, 0.29) is 11.9 Å². The van der Waals surface area contributed by atoms with Gasteiger partial charge in [-0.2, -0.15) is 0 Å². The Balaban J connectivity index is 1.57. The number of hydrogen-bond acceptors (Lipinski definition) is 3. The largest absolute Gasteiger partial charge is 0.347 e. The fourth-order valence-electron chi connectivity index (χ4n) is 3.03. The van der Waals surface area contributed by atoms with Crippen LogP contribution in [0.15, 0.2) is 48.9 Å². The van der Waals surface area contributed by atoms with Crippen molar-refractivity contribution >= 4 is 16.8 Å². The summed E-state index contributed by atoms with van der Waals surface area (Å²) in [6.07, 6.45) is 7.31. The monoisotopic (exact) mass is 292 g/mol. The molecule has 1 aliphatic heterocycles. The second-order valence-electron chi connectivity index (χ2n) is 5.59. The molecule has 1 N–H and O–H groups in total. The summed E-state index contributed by atoms with van der Waals surface area (Å²) in [5.74, 6) is 1.04. The first-order chi connectivity index (χ1) is 10.8. The molecule has 3 heterocycles. The lowest BCUT2D eigenvalue weighted by molar-refractivity contribution is 0.0929. The van der Waals surface area contributed by atoms with Gasteiger partial charge in [-0.15, -0.1) is 0 Å². The predicted octanol–water partition coefficient (Wildman–Crippen LogP) is 2.18. The van der Waals surface area contributed by atoms with Gasteiger partial charge in [-0.25, -0.2) is 4.98 Å². The number of fused-ring (bicyclic) bond motifs is 2. The Morgan fingerprint density at radius 2 is 2.09 bits per heavy atom. The molecule has 1 aromatic carbocycles. The number of imidazole rings is 1. The maximum atomic E-state index is 12.6. The number of para-hydroxylation sites is 1. The molecule has 3 aromatic rings. The highest BCUT2D eigenvalue weighted by Gasteiger charge is 2.21. The number of aromatic nitrogens is 3.